The van der Waals surface area contributed by atoms with E-state index in [2.05, 4.69) is 21.8 Å². The average molecular weight is 372 g/mol. The Labute approximate surface area is 158 Å². The third-order valence-electron chi connectivity index (χ3n) is 4.47. The lowest BCUT2D eigenvalue weighted by atomic mass is 10.1. The predicted octanol–water partition coefficient (Wildman–Crippen LogP) is 1.74. The average Bonchev–Trinajstić information content (AvgIpc) is 2.72. The van der Waals surface area contributed by atoms with Crippen molar-refractivity contribution in [3.05, 3.63) is 48.0 Å². The van der Waals surface area contributed by atoms with Gasteiger partial charge in [-0.1, -0.05) is 30.5 Å². The number of carbonyl (C=O) groups is 2. The molecule has 1 fully saturated rings. The van der Waals surface area contributed by atoms with Crippen LogP contribution in [0.25, 0.3) is 0 Å². The molecule has 138 valence electrons. The fourth-order valence-corrected chi connectivity index (χ4v) is 3.95. The quantitative estimate of drug-likeness (QED) is 0.818. The van der Waals surface area contributed by atoms with Crippen molar-refractivity contribution < 1.29 is 9.59 Å². The van der Waals surface area contributed by atoms with Crippen molar-refractivity contribution >= 4 is 28.7 Å². The van der Waals surface area contributed by atoms with E-state index in [1.54, 1.807) is 0 Å². The van der Waals surface area contributed by atoms with Crippen molar-refractivity contribution in [1.29, 1.82) is 0 Å². The number of hydrogen-bond acceptors (Lipinski definition) is 5. The van der Waals surface area contributed by atoms with Gasteiger partial charge in [0.2, 0.25) is 5.91 Å². The Morgan fingerprint density at radius 3 is 2.54 bits per heavy atom. The van der Waals surface area contributed by atoms with Gasteiger partial charge in [0.1, 0.15) is 0 Å². The van der Waals surface area contributed by atoms with Gasteiger partial charge in [-0.25, -0.2) is 0 Å². The van der Waals surface area contributed by atoms with Crippen molar-refractivity contribution in [1.82, 2.24) is 15.1 Å². The van der Waals surface area contributed by atoms with E-state index in [0.29, 0.717) is 12.1 Å². The first kappa shape index (κ1) is 18.5. The molecule has 2 aliphatic heterocycles. The van der Waals surface area contributed by atoms with Crippen molar-refractivity contribution in [3.63, 3.8) is 0 Å². The number of aliphatic imine (C=N–C) groups is 1. The molecule has 0 aromatic heterocycles. The molecule has 0 radical (unpaired) electrons. The second-order valence-corrected chi connectivity index (χ2v) is 7.33. The lowest BCUT2D eigenvalue weighted by molar-refractivity contribution is -0.116. The first-order valence-electron chi connectivity index (χ1n) is 8.88. The molecule has 0 bridgehead atoms. The molecule has 2 aliphatic rings. The van der Waals surface area contributed by atoms with Gasteiger partial charge in [-0.3, -0.25) is 14.6 Å². The number of carbonyl (C=O) groups excluding carboxylic acids is 2. The number of thioether (sulfide) groups is 1. The second-order valence-electron chi connectivity index (χ2n) is 6.26. The van der Waals surface area contributed by atoms with Crippen LogP contribution in [0.3, 0.4) is 0 Å². The number of amides is 2. The second kappa shape index (κ2) is 8.89. The van der Waals surface area contributed by atoms with Crippen LogP contribution >= 0.6 is 11.8 Å². The number of hydrogen-bond donors (Lipinski definition) is 1. The van der Waals surface area contributed by atoms with E-state index in [4.69, 9.17) is 0 Å². The van der Waals surface area contributed by atoms with Gasteiger partial charge in [0.25, 0.3) is 5.91 Å². The summed E-state index contributed by atoms with van der Waals surface area (Å²) in [4.78, 5) is 32.7. The first-order chi connectivity index (χ1) is 12.7. The number of piperazine rings is 1. The van der Waals surface area contributed by atoms with Gasteiger partial charge in [-0.2, -0.15) is 0 Å². The molecule has 1 N–H and O–H groups in total. The Balaban J connectivity index is 1.52. The topological polar surface area (TPSA) is 65.0 Å². The van der Waals surface area contributed by atoms with Gasteiger partial charge in [0.15, 0.2) is 5.17 Å². The zero-order valence-electron chi connectivity index (χ0n) is 14.8. The van der Waals surface area contributed by atoms with Crippen LogP contribution in [0.1, 0.15) is 22.3 Å². The van der Waals surface area contributed by atoms with E-state index in [1.165, 1.54) is 6.08 Å². The van der Waals surface area contributed by atoms with Crippen LogP contribution in [-0.2, 0) is 11.3 Å². The van der Waals surface area contributed by atoms with Crippen molar-refractivity contribution in [2.45, 2.75) is 13.0 Å². The Morgan fingerprint density at radius 1 is 1.19 bits per heavy atom. The fraction of sp³-hybridized carbons (Fsp3) is 0.421. The minimum atomic E-state index is -0.205. The van der Waals surface area contributed by atoms with Crippen molar-refractivity contribution in [2.24, 2.45) is 4.99 Å². The molecule has 0 saturated carbocycles. The van der Waals surface area contributed by atoms with Crippen LogP contribution in [0, 0.1) is 0 Å². The summed E-state index contributed by atoms with van der Waals surface area (Å²) in [6, 6.07) is 7.40. The third kappa shape index (κ3) is 4.66. The van der Waals surface area contributed by atoms with Crippen LogP contribution in [0.4, 0.5) is 0 Å². The molecule has 3 rings (SSSR count). The zero-order chi connectivity index (χ0) is 18.4. The Kier molecular flexibility index (Phi) is 6.33. The van der Waals surface area contributed by atoms with Gasteiger partial charge >= 0.3 is 0 Å². The summed E-state index contributed by atoms with van der Waals surface area (Å²) in [5, 5.41) is 3.86. The van der Waals surface area contributed by atoms with E-state index in [1.807, 2.05) is 40.9 Å². The molecule has 2 amide bonds. The monoisotopic (exact) mass is 372 g/mol. The third-order valence-corrected chi connectivity index (χ3v) is 5.61. The highest BCUT2D eigenvalue weighted by Crippen LogP contribution is 2.18. The lowest BCUT2D eigenvalue weighted by Crippen LogP contribution is -2.50. The van der Waals surface area contributed by atoms with E-state index in [9.17, 15) is 9.59 Å². The Bertz CT molecular complexity index is 694. The van der Waals surface area contributed by atoms with E-state index >= 15 is 0 Å². The first-order valence-corrected chi connectivity index (χ1v) is 9.86. The van der Waals surface area contributed by atoms with Gasteiger partial charge in [-0.05, 0) is 30.2 Å². The molecule has 7 heteroatoms. The normalized spacial score (nSPS) is 17.5. The maximum Gasteiger partial charge on any atom is 0.253 e. The molecule has 1 saturated heterocycles. The van der Waals surface area contributed by atoms with E-state index < -0.39 is 0 Å². The van der Waals surface area contributed by atoms with Gasteiger partial charge < -0.3 is 15.1 Å². The van der Waals surface area contributed by atoms with E-state index in [0.717, 1.165) is 55.6 Å². The molecule has 1 aromatic rings. The standard InChI is InChI=1S/C19H24N4O2S/c1-2-17(24)21-14-15-4-6-16(7-5-15)18(25)22-9-11-23(12-10-22)19-20-8-3-13-26-19/h2,4-7H,1,3,8-14H2,(H,21,24). The largest absolute Gasteiger partial charge is 0.348 e. The molecule has 6 nitrogen and oxygen atoms in total. The highest BCUT2D eigenvalue weighted by molar-refractivity contribution is 8.13. The molecule has 2 heterocycles. The van der Waals surface area contributed by atoms with E-state index in [-0.39, 0.29) is 11.8 Å². The van der Waals surface area contributed by atoms with Gasteiger partial charge in [0, 0.05) is 50.6 Å². The molecule has 0 atom stereocenters. The maximum atomic E-state index is 12.7. The maximum absolute atomic E-state index is 12.7. The summed E-state index contributed by atoms with van der Waals surface area (Å²) in [7, 11) is 0. The zero-order valence-corrected chi connectivity index (χ0v) is 15.6. The van der Waals surface area contributed by atoms with Crippen LogP contribution in [0.15, 0.2) is 41.9 Å². The number of nitrogens with zero attached hydrogens (tertiary/aromatic N) is 3. The molecular weight excluding hydrogens is 348 g/mol. The van der Waals surface area contributed by atoms with Crippen molar-refractivity contribution in [2.75, 3.05) is 38.5 Å². The summed E-state index contributed by atoms with van der Waals surface area (Å²) in [6.07, 6.45) is 2.40. The van der Waals surface area contributed by atoms with Crippen LogP contribution in [0.5, 0.6) is 0 Å². The van der Waals surface area contributed by atoms with Crippen LogP contribution in [-0.4, -0.2) is 65.3 Å². The lowest BCUT2D eigenvalue weighted by Gasteiger charge is -2.36. The number of nitrogens with one attached hydrogen (secondary N) is 1. The summed E-state index contributed by atoms with van der Waals surface area (Å²) in [5.74, 6) is 0.991. The van der Waals surface area contributed by atoms with Crippen LogP contribution in [0.2, 0.25) is 0 Å². The highest BCUT2D eigenvalue weighted by Gasteiger charge is 2.24. The minimum Gasteiger partial charge on any atom is -0.348 e. The Morgan fingerprint density at radius 2 is 1.92 bits per heavy atom. The Hall–Kier alpha value is -2.28. The van der Waals surface area contributed by atoms with Gasteiger partial charge in [0.05, 0.1) is 0 Å². The van der Waals surface area contributed by atoms with Crippen LogP contribution < -0.4 is 5.32 Å². The minimum absolute atomic E-state index is 0.0598. The number of benzene rings is 1. The number of rotatable bonds is 4. The fourth-order valence-electron chi connectivity index (χ4n) is 2.95. The van der Waals surface area contributed by atoms with Gasteiger partial charge in [-0.15, -0.1) is 0 Å². The summed E-state index contributed by atoms with van der Waals surface area (Å²) >= 11 is 1.82. The smallest absolute Gasteiger partial charge is 0.253 e. The molecule has 26 heavy (non-hydrogen) atoms. The number of amidine groups is 1. The summed E-state index contributed by atoms with van der Waals surface area (Å²) in [6.45, 7) is 7.88. The molecular formula is C19H24N4O2S. The SMILES string of the molecule is C=CC(=O)NCc1ccc(C(=O)N2CCN(C3=NCCCS3)CC2)cc1. The highest BCUT2D eigenvalue weighted by atomic mass is 32.2. The molecule has 0 spiro atoms. The molecule has 0 unspecified atom stereocenters. The predicted molar refractivity (Wildman–Crippen MR) is 105 cm³/mol. The summed E-state index contributed by atoms with van der Waals surface area (Å²) in [5.41, 5.74) is 1.63. The molecule has 1 aromatic carbocycles. The summed E-state index contributed by atoms with van der Waals surface area (Å²) < 4.78 is 0. The van der Waals surface area contributed by atoms with Crippen molar-refractivity contribution in [3.8, 4) is 0 Å². The molecule has 0 aliphatic carbocycles.